The standard InChI is InChI=1S/C14H20N4O2/c1-9-3-2-6-18(12(9)7-15)14(20)10-4-5-11(13(16)19)17-8-10/h4-5,8-9,12H,2-3,6-7,15H2,1H3,(H2,16,19)/t9-,12-/m1/s1. The minimum absolute atomic E-state index is 0.0621. The summed E-state index contributed by atoms with van der Waals surface area (Å²) < 4.78 is 0. The van der Waals surface area contributed by atoms with Crippen molar-refractivity contribution in [2.75, 3.05) is 13.1 Å². The zero-order valence-corrected chi connectivity index (χ0v) is 11.6. The average Bonchev–Trinajstić information content (AvgIpc) is 2.46. The van der Waals surface area contributed by atoms with Crippen molar-refractivity contribution in [1.82, 2.24) is 9.88 Å². The topological polar surface area (TPSA) is 102 Å². The largest absolute Gasteiger partial charge is 0.364 e. The molecule has 0 spiro atoms. The highest BCUT2D eigenvalue weighted by Gasteiger charge is 2.31. The molecule has 1 aromatic rings. The lowest BCUT2D eigenvalue weighted by atomic mass is 9.90. The Balaban J connectivity index is 2.19. The van der Waals surface area contributed by atoms with Crippen LogP contribution < -0.4 is 11.5 Å². The first-order valence-corrected chi connectivity index (χ1v) is 6.81. The Bertz CT molecular complexity index is 500. The van der Waals surface area contributed by atoms with Crippen LogP contribution in [0.3, 0.4) is 0 Å². The molecule has 2 atom stereocenters. The molecule has 1 aliphatic heterocycles. The maximum atomic E-state index is 12.5. The SMILES string of the molecule is C[C@@H]1CCCN(C(=O)c2ccc(C(N)=O)nc2)[C@@H]1CN. The number of aromatic nitrogens is 1. The molecule has 1 aromatic heterocycles. The number of carbonyl (C=O) groups excluding carboxylic acids is 2. The highest BCUT2D eigenvalue weighted by Crippen LogP contribution is 2.24. The summed E-state index contributed by atoms with van der Waals surface area (Å²) in [5.41, 5.74) is 11.5. The Morgan fingerprint density at radius 3 is 2.75 bits per heavy atom. The Hall–Kier alpha value is -1.95. The fourth-order valence-electron chi connectivity index (χ4n) is 2.69. The van der Waals surface area contributed by atoms with Crippen molar-refractivity contribution in [3.05, 3.63) is 29.6 Å². The minimum Gasteiger partial charge on any atom is -0.364 e. The monoisotopic (exact) mass is 276 g/mol. The summed E-state index contributed by atoms with van der Waals surface area (Å²) in [7, 11) is 0. The lowest BCUT2D eigenvalue weighted by Crippen LogP contribution is -2.51. The summed E-state index contributed by atoms with van der Waals surface area (Å²) >= 11 is 0. The van der Waals surface area contributed by atoms with E-state index in [1.54, 1.807) is 6.07 Å². The van der Waals surface area contributed by atoms with E-state index in [9.17, 15) is 9.59 Å². The van der Waals surface area contributed by atoms with Crippen LogP contribution in [0.1, 0.15) is 40.6 Å². The van der Waals surface area contributed by atoms with Gasteiger partial charge in [0.2, 0.25) is 0 Å². The van der Waals surface area contributed by atoms with E-state index in [0.717, 1.165) is 12.8 Å². The molecule has 0 unspecified atom stereocenters. The van der Waals surface area contributed by atoms with E-state index >= 15 is 0 Å². The molecule has 0 aromatic carbocycles. The number of likely N-dealkylation sites (tertiary alicyclic amines) is 1. The second-order valence-corrected chi connectivity index (χ2v) is 5.22. The predicted octanol–water partition coefficient (Wildman–Crippen LogP) is 0.380. The van der Waals surface area contributed by atoms with Crippen molar-refractivity contribution < 1.29 is 9.59 Å². The van der Waals surface area contributed by atoms with Gasteiger partial charge in [-0.15, -0.1) is 0 Å². The first-order chi connectivity index (χ1) is 9.54. The van der Waals surface area contributed by atoms with Gasteiger partial charge in [-0.2, -0.15) is 0 Å². The van der Waals surface area contributed by atoms with Crippen LogP contribution in [-0.4, -0.2) is 40.8 Å². The fraction of sp³-hybridized carbons (Fsp3) is 0.500. The second-order valence-electron chi connectivity index (χ2n) is 5.22. The highest BCUT2D eigenvalue weighted by molar-refractivity contribution is 5.96. The van der Waals surface area contributed by atoms with Crippen molar-refractivity contribution in [2.45, 2.75) is 25.8 Å². The molecule has 20 heavy (non-hydrogen) atoms. The lowest BCUT2D eigenvalue weighted by Gasteiger charge is -2.39. The maximum absolute atomic E-state index is 12.5. The molecular formula is C14H20N4O2. The van der Waals surface area contributed by atoms with E-state index in [-0.39, 0.29) is 17.6 Å². The summed E-state index contributed by atoms with van der Waals surface area (Å²) in [6, 6.07) is 3.12. The number of hydrogen-bond acceptors (Lipinski definition) is 4. The minimum atomic E-state index is -0.601. The van der Waals surface area contributed by atoms with Crippen molar-refractivity contribution >= 4 is 11.8 Å². The molecule has 1 saturated heterocycles. The van der Waals surface area contributed by atoms with Gasteiger partial charge >= 0.3 is 0 Å². The smallest absolute Gasteiger partial charge is 0.267 e. The molecule has 6 heteroatoms. The number of carbonyl (C=O) groups is 2. The van der Waals surface area contributed by atoms with Crippen LogP contribution in [0, 0.1) is 5.92 Å². The van der Waals surface area contributed by atoms with E-state index in [2.05, 4.69) is 11.9 Å². The van der Waals surface area contributed by atoms with Gasteiger partial charge in [-0.05, 0) is 30.9 Å². The third-order valence-electron chi connectivity index (χ3n) is 3.88. The van der Waals surface area contributed by atoms with Crippen LogP contribution >= 0.6 is 0 Å². The number of hydrogen-bond donors (Lipinski definition) is 2. The van der Waals surface area contributed by atoms with Gasteiger partial charge in [0, 0.05) is 25.3 Å². The number of nitrogens with zero attached hydrogens (tertiary/aromatic N) is 2. The van der Waals surface area contributed by atoms with E-state index in [0.29, 0.717) is 24.6 Å². The summed E-state index contributed by atoms with van der Waals surface area (Å²) in [5.74, 6) is -0.290. The van der Waals surface area contributed by atoms with Crippen molar-refractivity contribution in [1.29, 1.82) is 0 Å². The zero-order valence-electron chi connectivity index (χ0n) is 11.6. The fourth-order valence-corrected chi connectivity index (χ4v) is 2.69. The van der Waals surface area contributed by atoms with Gasteiger partial charge in [-0.1, -0.05) is 6.92 Å². The van der Waals surface area contributed by atoms with Crippen molar-refractivity contribution in [3.8, 4) is 0 Å². The van der Waals surface area contributed by atoms with Gasteiger partial charge in [-0.25, -0.2) is 0 Å². The number of pyridine rings is 1. The second kappa shape index (κ2) is 6.00. The molecule has 0 radical (unpaired) electrons. The summed E-state index contributed by atoms with van der Waals surface area (Å²) in [6.45, 7) is 3.29. The molecule has 2 amide bonds. The average molecular weight is 276 g/mol. The molecule has 108 valence electrons. The van der Waals surface area contributed by atoms with E-state index < -0.39 is 5.91 Å². The summed E-state index contributed by atoms with van der Waals surface area (Å²) in [4.78, 5) is 29.2. The zero-order chi connectivity index (χ0) is 14.7. The van der Waals surface area contributed by atoms with E-state index in [1.165, 1.54) is 12.3 Å². The molecule has 6 nitrogen and oxygen atoms in total. The lowest BCUT2D eigenvalue weighted by molar-refractivity contribution is 0.0532. The summed E-state index contributed by atoms with van der Waals surface area (Å²) in [5, 5.41) is 0. The van der Waals surface area contributed by atoms with Gasteiger partial charge in [0.05, 0.1) is 5.56 Å². The van der Waals surface area contributed by atoms with Crippen molar-refractivity contribution in [3.63, 3.8) is 0 Å². The molecule has 1 aliphatic rings. The Morgan fingerprint density at radius 1 is 1.45 bits per heavy atom. The number of rotatable bonds is 3. The van der Waals surface area contributed by atoms with Gasteiger partial charge < -0.3 is 16.4 Å². The Labute approximate surface area is 118 Å². The molecule has 0 bridgehead atoms. The summed E-state index contributed by atoms with van der Waals surface area (Å²) in [6.07, 6.45) is 3.47. The third-order valence-corrected chi connectivity index (χ3v) is 3.88. The van der Waals surface area contributed by atoms with Crippen LogP contribution in [0.2, 0.25) is 0 Å². The van der Waals surface area contributed by atoms with E-state index in [4.69, 9.17) is 11.5 Å². The number of primary amides is 1. The van der Waals surface area contributed by atoms with Gasteiger partial charge in [-0.3, -0.25) is 14.6 Å². The van der Waals surface area contributed by atoms with Crippen molar-refractivity contribution in [2.24, 2.45) is 17.4 Å². The Kier molecular flexibility index (Phi) is 4.34. The van der Waals surface area contributed by atoms with Gasteiger partial charge in [0.15, 0.2) is 0 Å². The van der Waals surface area contributed by atoms with Crippen LogP contribution in [0.25, 0.3) is 0 Å². The predicted molar refractivity (Wildman–Crippen MR) is 75.0 cm³/mol. The molecular weight excluding hydrogens is 256 g/mol. The molecule has 0 aliphatic carbocycles. The first-order valence-electron chi connectivity index (χ1n) is 6.81. The van der Waals surface area contributed by atoms with Crippen LogP contribution in [0.15, 0.2) is 18.3 Å². The molecule has 4 N–H and O–H groups in total. The molecule has 2 rings (SSSR count). The normalized spacial score (nSPS) is 22.6. The third kappa shape index (κ3) is 2.80. The number of nitrogens with two attached hydrogens (primary N) is 2. The Morgan fingerprint density at radius 2 is 2.20 bits per heavy atom. The quantitative estimate of drug-likeness (QED) is 0.833. The number of amides is 2. The number of piperidine rings is 1. The van der Waals surface area contributed by atoms with Gasteiger partial charge in [0.1, 0.15) is 5.69 Å². The van der Waals surface area contributed by atoms with Crippen LogP contribution in [-0.2, 0) is 0 Å². The van der Waals surface area contributed by atoms with E-state index in [1.807, 2.05) is 4.90 Å². The maximum Gasteiger partial charge on any atom is 0.267 e. The molecule has 0 saturated carbocycles. The highest BCUT2D eigenvalue weighted by atomic mass is 16.2. The van der Waals surface area contributed by atoms with Crippen LogP contribution in [0.5, 0.6) is 0 Å². The molecule has 2 heterocycles. The van der Waals surface area contributed by atoms with Gasteiger partial charge in [0.25, 0.3) is 11.8 Å². The molecule has 1 fully saturated rings. The first kappa shape index (κ1) is 14.5. The van der Waals surface area contributed by atoms with Crippen LogP contribution in [0.4, 0.5) is 0 Å².